The second kappa shape index (κ2) is 4.30. The highest BCUT2D eigenvalue weighted by Crippen LogP contribution is 2.35. The number of hydrogen-bond donors (Lipinski definition) is 2. The predicted molar refractivity (Wildman–Crippen MR) is 65.0 cm³/mol. The Morgan fingerprint density at radius 3 is 2.50 bits per heavy atom. The van der Waals surface area contributed by atoms with Crippen LogP contribution in [0.5, 0.6) is 0 Å². The molecule has 2 atom stereocenters. The van der Waals surface area contributed by atoms with E-state index in [-0.39, 0.29) is 5.91 Å². The normalized spacial score (nSPS) is 31.8. The number of nitrogens with two attached hydrogens (primary N) is 1. The van der Waals surface area contributed by atoms with Crippen molar-refractivity contribution in [1.29, 1.82) is 0 Å². The Bertz CT molecular complexity index is 313. The Morgan fingerprint density at radius 1 is 1.50 bits per heavy atom. The first-order valence-corrected chi connectivity index (χ1v) is 6.16. The van der Waals surface area contributed by atoms with Crippen molar-refractivity contribution >= 4 is 23.1 Å². The zero-order valence-electron chi connectivity index (χ0n) is 9.49. The minimum Gasteiger partial charge on any atom is -0.392 e. The van der Waals surface area contributed by atoms with E-state index < -0.39 is 5.41 Å². The molecule has 1 saturated carbocycles. The standard InChI is InChI=1S/C11H18N2O2S/c1-7-6-8(7)13-10(14)11(9(12)16)2-4-15-5-3-11/h7-8H,2-6H2,1H3,(H2,12,16)(H,13,14). The minimum atomic E-state index is -0.671. The lowest BCUT2D eigenvalue weighted by Crippen LogP contribution is -2.52. The van der Waals surface area contributed by atoms with Gasteiger partial charge in [0.25, 0.3) is 0 Å². The SMILES string of the molecule is CC1CC1NC(=O)C1(C(N)=S)CCOCC1. The summed E-state index contributed by atoms with van der Waals surface area (Å²) in [6, 6.07) is 0.321. The number of nitrogens with one attached hydrogen (secondary N) is 1. The molecule has 2 aliphatic rings. The van der Waals surface area contributed by atoms with Crippen LogP contribution in [0.4, 0.5) is 0 Å². The third-order valence-electron chi connectivity index (χ3n) is 3.68. The smallest absolute Gasteiger partial charge is 0.233 e. The van der Waals surface area contributed by atoms with Crippen molar-refractivity contribution in [2.24, 2.45) is 17.1 Å². The third kappa shape index (κ3) is 2.06. The van der Waals surface area contributed by atoms with Gasteiger partial charge in [0.15, 0.2) is 0 Å². The fourth-order valence-corrected chi connectivity index (χ4v) is 2.43. The van der Waals surface area contributed by atoms with Crippen molar-refractivity contribution < 1.29 is 9.53 Å². The summed E-state index contributed by atoms with van der Waals surface area (Å²) in [6.45, 7) is 3.25. The summed E-state index contributed by atoms with van der Waals surface area (Å²) < 4.78 is 5.27. The Hall–Kier alpha value is -0.680. The van der Waals surface area contributed by atoms with Gasteiger partial charge in [-0.2, -0.15) is 0 Å². The molecule has 0 spiro atoms. The van der Waals surface area contributed by atoms with Gasteiger partial charge in [0.2, 0.25) is 5.91 Å². The summed E-state index contributed by atoms with van der Waals surface area (Å²) in [5, 5.41) is 3.03. The summed E-state index contributed by atoms with van der Waals surface area (Å²) in [6.07, 6.45) is 2.28. The first-order valence-electron chi connectivity index (χ1n) is 5.75. The monoisotopic (exact) mass is 242 g/mol. The summed E-state index contributed by atoms with van der Waals surface area (Å²) >= 11 is 5.07. The van der Waals surface area contributed by atoms with E-state index in [1.165, 1.54) is 0 Å². The summed E-state index contributed by atoms with van der Waals surface area (Å²) in [4.78, 5) is 12.5. The van der Waals surface area contributed by atoms with Gasteiger partial charge in [0, 0.05) is 19.3 Å². The largest absolute Gasteiger partial charge is 0.392 e. The zero-order valence-corrected chi connectivity index (χ0v) is 10.3. The van der Waals surface area contributed by atoms with E-state index in [9.17, 15) is 4.79 Å². The Kier molecular flexibility index (Phi) is 3.17. The van der Waals surface area contributed by atoms with E-state index in [0.29, 0.717) is 43.0 Å². The predicted octanol–water partition coefficient (Wildman–Crippen LogP) is 0.594. The zero-order chi connectivity index (χ0) is 11.8. The van der Waals surface area contributed by atoms with Gasteiger partial charge in [0.1, 0.15) is 5.41 Å². The van der Waals surface area contributed by atoms with E-state index in [0.717, 1.165) is 6.42 Å². The van der Waals surface area contributed by atoms with Crippen LogP contribution in [0.25, 0.3) is 0 Å². The van der Waals surface area contributed by atoms with Crippen LogP contribution in [-0.4, -0.2) is 30.2 Å². The van der Waals surface area contributed by atoms with E-state index in [4.69, 9.17) is 22.7 Å². The quantitative estimate of drug-likeness (QED) is 0.711. The molecule has 1 amide bonds. The van der Waals surface area contributed by atoms with Gasteiger partial charge >= 0.3 is 0 Å². The molecule has 1 heterocycles. The molecule has 90 valence electrons. The number of carbonyl (C=O) groups is 1. The van der Waals surface area contributed by atoms with Crippen LogP contribution >= 0.6 is 12.2 Å². The molecule has 3 N–H and O–H groups in total. The molecule has 2 rings (SSSR count). The molecule has 0 aromatic heterocycles. The van der Waals surface area contributed by atoms with Crippen LogP contribution in [0.15, 0.2) is 0 Å². The van der Waals surface area contributed by atoms with Gasteiger partial charge in [-0.3, -0.25) is 4.79 Å². The molecule has 2 unspecified atom stereocenters. The maximum Gasteiger partial charge on any atom is 0.233 e. The lowest BCUT2D eigenvalue weighted by molar-refractivity contribution is -0.131. The molecular formula is C11H18N2O2S. The van der Waals surface area contributed by atoms with Crippen molar-refractivity contribution in [1.82, 2.24) is 5.32 Å². The second-order valence-electron chi connectivity index (χ2n) is 4.85. The van der Waals surface area contributed by atoms with E-state index in [1.54, 1.807) is 0 Å². The topological polar surface area (TPSA) is 64.4 Å². The molecule has 1 saturated heterocycles. The average Bonchev–Trinajstić information content (AvgIpc) is 2.95. The lowest BCUT2D eigenvalue weighted by atomic mass is 9.79. The maximum absolute atomic E-state index is 12.2. The first-order chi connectivity index (χ1) is 7.56. The molecule has 0 bridgehead atoms. The van der Waals surface area contributed by atoms with Crippen molar-refractivity contribution in [2.75, 3.05) is 13.2 Å². The minimum absolute atomic E-state index is 0.00218. The lowest BCUT2D eigenvalue weighted by Gasteiger charge is -2.34. The average molecular weight is 242 g/mol. The number of carbonyl (C=O) groups excluding carboxylic acids is 1. The molecule has 4 nitrogen and oxygen atoms in total. The van der Waals surface area contributed by atoms with Gasteiger partial charge in [-0.05, 0) is 25.2 Å². The van der Waals surface area contributed by atoms with Gasteiger partial charge in [0.05, 0.1) is 4.99 Å². The molecule has 1 aliphatic heterocycles. The van der Waals surface area contributed by atoms with E-state index in [2.05, 4.69) is 12.2 Å². The molecule has 5 heteroatoms. The third-order valence-corrected chi connectivity index (χ3v) is 4.07. The molecule has 0 aromatic rings. The number of thiocarbonyl (C=S) groups is 1. The van der Waals surface area contributed by atoms with Gasteiger partial charge in [-0.25, -0.2) is 0 Å². The first kappa shape index (κ1) is 11.8. The number of ether oxygens (including phenoxy) is 1. The highest BCUT2D eigenvalue weighted by molar-refractivity contribution is 7.80. The van der Waals surface area contributed by atoms with Crippen LogP contribution < -0.4 is 11.1 Å². The van der Waals surface area contributed by atoms with Crippen LogP contribution in [0.2, 0.25) is 0 Å². The summed E-state index contributed by atoms with van der Waals surface area (Å²) in [5.74, 6) is 0.588. The molecule has 2 fully saturated rings. The van der Waals surface area contributed by atoms with E-state index in [1.807, 2.05) is 0 Å². The van der Waals surface area contributed by atoms with Crippen molar-refractivity contribution in [3.63, 3.8) is 0 Å². The van der Waals surface area contributed by atoms with Crippen LogP contribution in [0.1, 0.15) is 26.2 Å². The van der Waals surface area contributed by atoms with Crippen molar-refractivity contribution in [3.8, 4) is 0 Å². The van der Waals surface area contributed by atoms with Gasteiger partial charge < -0.3 is 15.8 Å². The van der Waals surface area contributed by atoms with Gasteiger partial charge in [-0.15, -0.1) is 0 Å². The highest BCUT2D eigenvalue weighted by Gasteiger charge is 2.45. The number of amides is 1. The number of hydrogen-bond acceptors (Lipinski definition) is 3. The Labute approximate surface area is 101 Å². The van der Waals surface area contributed by atoms with Crippen molar-refractivity contribution in [3.05, 3.63) is 0 Å². The second-order valence-corrected chi connectivity index (χ2v) is 5.29. The molecule has 0 aromatic carbocycles. The van der Waals surface area contributed by atoms with Crippen LogP contribution in [0.3, 0.4) is 0 Å². The molecule has 1 aliphatic carbocycles. The Balaban J connectivity index is 2.05. The fourth-order valence-electron chi connectivity index (χ4n) is 2.13. The highest BCUT2D eigenvalue weighted by atomic mass is 32.1. The molecule has 0 radical (unpaired) electrons. The van der Waals surface area contributed by atoms with Crippen LogP contribution in [0, 0.1) is 11.3 Å². The van der Waals surface area contributed by atoms with Gasteiger partial charge in [-0.1, -0.05) is 19.1 Å². The summed E-state index contributed by atoms with van der Waals surface area (Å²) in [5.41, 5.74) is 5.08. The molecular weight excluding hydrogens is 224 g/mol. The summed E-state index contributed by atoms with van der Waals surface area (Å²) in [7, 11) is 0. The number of rotatable bonds is 3. The van der Waals surface area contributed by atoms with E-state index >= 15 is 0 Å². The Morgan fingerprint density at radius 2 is 2.06 bits per heavy atom. The van der Waals surface area contributed by atoms with Crippen molar-refractivity contribution in [2.45, 2.75) is 32.2 Å². The fraction of sp³-hybridized carbons (Fsp3) is 0.818. The van der Waals surface area contributed by atoms with Crippen LogP contribution in [-0.2, 0) is 9.53 Å². The molecule has 16 heavy (non-hydrogen) atoms. The maximum atomic E-state index is 12.2.